The Labute approximate surface area is 59.7 Å². The fraction of sp³-hybridized carbons (Fsp3) is 0.333. The van der Waals surface area contributed by atoms with Crippen LogP contribution in [0.5, 0.6) is 0 Å². The van der Waals surface area contributed by atoms with Crippen molar-refractivity contribution in [2.75, 3.05) is 0 Å². The average Bonchev–Trinajstić information content (AvgIpc) is 1.88. The molecule has 0 fully saturated rings. The summed E-state index contributed by atoms with van der Waals surface area (Å²) in [5.41, 5.74) is 5.30. The maximum Gasteiger partial charge on any atom is 0.128 e. The van der Waals surface area contributed by atoms with Crippen LogP contribution in [0.2, 0.25) is 0 Å². The SMILES string of the molecule is C=CC(N)NC(O)C=CO. The topological polar surface area (TPSA) is 78.5 Å². The molecular formula is C6H12N2O2. The molecule has 0 saturated carbocycles. The quantitative estimate of drug-likeness (QED) is 0.242. The highest BCUT2D eigenvalue weighted by atomic mass is 16.3. The molecule has 4 heteroatoms. The second kappa shape index (κ2) is 4.99. The Hall–Kier alpha value is -0.840. The molecule has 5 N–H and O–H groups in total. The van der Waals surface area contributed by atoms with Crippen molar-refractivity contribution in [3.05, 3.63) is 25.0 Å². The summed E-state index contributed by atoms with van der Waals surface area (Å²) in [4.78, 5) is 0. The van der Waals surface area contributed by atoms with Gasteiger partial charge in [-0.3, -0.25) is 5.32 Å². The van der Waals surface area contributed by atoms with Gasteiger partial charge in [-0.25, -0.2) is 0 Å². The zero-order valence-electron chi connectivity index (χ0n) is 5.57. The van der Waals surface area contributed by atoms with Crippen molar-refractivity contribution in [1.29, 1.82) is 0 Å². The summed E-state index contributed by atoms with van der Waals surface area (Å²) in [6, 6.07) is 0. The lowest BCUT2D eigenvalue weighted by molar-refractivity contribution is 0.173. The van der Waals surface area contributed by atoms with Gasteiger partial charge in [-0.2, -0.15) is 0 Å². The van der Waals surface area contributed by atoms with Crippen molar-refractivity contribution < 1.29 is 10.2 Å². The monoisotopic (exact) mass is 144 g/mol. The van der Waals surface area contributed by atoms with Crippen LogP contribution in [0.1, 0.15) is 0 Å². The number of hydrogen-bond acceptors (Lipinski definition) is 4. The zero-order valence-corrected chi connectivity index (χ0v) is 5.57. The molecule has 0 saturated heterocycles. The molecule has 2 atom stereocenters. The van der Waals surface area contributed by atoms with Crippen molar-refractivity contribution >= 4 is 0 Å². The van der Waals surface area contributed by atoms with E-state index < -0.39 is 12.4 Å². The molecule has 0 heterocycles. The van der Waals surface area contributed by atoms with E-state index in [-0.39, 0.29) is 0 Å². The van der Waals surface area contributed by atoms with E-state index in [1.54, 1.807) is 0 Å². The van der Waals surface area contributed by atoms with Crippen LogP contribution in [-0.2, 0) is 0 Å². The average molecular weight is 144 g/mol. The lowest BCUT2D eigenvalue weighted by atomic mass is 10.4. The van der Waals surface area contributed by atoms with Crippen LogP contribution in [0.3, 0.4) is 0 Å². The molecule has 0 aromatic carbocycles. The summed E-state index contributed by atoms with van der Waals surface area (Å²) in [7, 11) is 0. The van der Waals surface area contributed by atoms with Crippen LogP contribution in [-0.4, -0.2) is 22.6 Å². The Morgan fingerprint density at radius 2 is 2.20 bits per heavy atom. The Morgan fingerprint density at radius 3 is 2.60 bits per heavy atom. The molecule has 0 spiro atoms. The first-order chi connectivity index (χ1) is 4.70. The van der Waals surface area contributed by atoms with E-state index in [1.807, 2.05) is 0 Å². The first-order valence-corrected chi connectivity index (χ1v) is 2.84. The molecule has 0 aromatic heterocycles. The smallest absolute Gasteiger partial charge is 0.128 e. The summed E-state index contributed by atoms with van der Waals surface area (Å²) < 4.78 is 0. The zero-order chi connectivity index (χ0) is 7.98. The number of nitrogens with two attached hydrogens (primary N) is 1. The highest BCUT2D eigenvalue weighted by Crippen LogP contribution is 1.81. The molecule has 0 aromatic rings. The van der Waals surface area contributed by atoms with Crippen molar-refractivity contribution in [2.24, 2.45) is 5.73 Å². The molecule has 4 nitrogen and oxygen atoms in total. The summed E-state index contributed by atoms with van der Waals surface area (Å²) in [6.45, 7) is 3.39. The van der Waals surface area contributed by atoms with E-state index in [9.17, 15) is 0 Å². The van der Waals surface area contributed by atoms with Gasteiger partial charge in [-0.1, -0.05) is 6.08 Å². The largest absolute Gasteiger partial charge is 0.516 e. The maximum absolute atomic E-state index is 8.86. The van der Waals surface area contributed by atoms with Crippen LogP contribution in [0.15, 0.2) is 25.0 Å². The van der Waals surface area contributed by atoms with Gasteiger partial charge >= 0.3 is 0 Å². The van der Waals surface area contributed by atoms with Gasteiger partial charge in [0.05, 0.1) is 12.4 Å². The first-order valence-electron chi connectivity index (χ1n) is 2.84. The van der Waals surface area contributed by atoms with E-state index in [1.165, 1.54) is 6.08 Å². The molecule has 0 radical (unpaired) electrons. The molecule has 0 aliphatic heterocycles. The van der Waals surface area contributed by atoms with Crippen LogP contribution in [0.25, 0.3) is 0 Å². The van der Waals surface area contributed by atoms with Gasteiger partial charge in [0.25, 0.3) is 0 Å². The third-order valence-corrected chi connectivity index (χ3v) is 0.886. The number of rotatable bonds is 4. The van der Waals surface area contributed by atoms with Crippen molar-refractivity contribution in [2.45, 2.75) is 12.4 Å². The predicted octanol–water partition coefficient (Wildman–Crippen LogP) is -0.563. The highest BCUT2D eigenvalue weighted by molar-refractivity contribution is 4.87. The van der Waals surface area contributed by atoms with Gasteiger partial charge in [0.1, 0.15) is 6.23 Å². The normalized spacial score (nSPS) is 17.0. The second-order valence-corrected chi connectivity index (χ2v) is 1.71. The molecule has 0 aliphatic rings. The van der Waals surface area contributed by atoms with Crippen LogP contribution < -0.4 is 11.1 Å². The molecule has 0 amide bonds. The van der Waals surface area contributed by atoms with Crippen molar-refractivity contribution in [3.63, 3.8) is 0 Å². The van der Waals surface area contributed by atoms with Gasteiger partial charge < -0.3 is 15.9 Å². The minimum absolute atomic E-state index is 0.466. The van der Waals surface area contributed by atoms with Crippen LogP contribution in [0, 0.1) is 0 Å². The lowest BCUT2D eigenvalue weighted by Gasteiger charge is -2.11. The van der Waals surface area contributed by atoms with Crippen molar-refractivity contribution in [1.82, 2.24) is 5.32 Å². The predicted molar refractivity (Wildman–Crippen MR) is 39.1 cm³/mol. The minimum Gasteiger partial charge on any atom is -0.516 e. The summed E-state index contributed by atoms with van der Waals surface area (Å²) in [5.74, 6) is 0. The van der Waals surface area contributed by atoms with E-state index in [0.29, 0.717) is 0 Å². The van der Waals surface area contributed by atoms with Gasteiger partial charge in [0.2, 0.25) is 0 Å². The third kappa shape index (κ3) is 4.08. The van der Waals surface area contributed by atoms with Crippen LogP contribution >= 0.6 is 0 Å². The van der Waals surface area contributed by atoms with E-state index in [0.717, 1.165) is 12.3 Å². The van der Waals surface area contributed by atoms with Gasteiger partial charge in [-0.15, -0.1) is 6.58 Å². The summed E-state index contributed by atoms with van der Waals surface area (Å²) >= 11 is 0. The highest BCUT2D eigenvalue weighted by Gasteiger charge is 2.00. The number of aliphatic hydroxyl groups excluding tert-OH is 2. The van der Waals surface area contributed by atoms with E-state index in [4.69, 9.17) is 15.9 Å². The van der Waals surface area contributed by atoms with Gasteiger partial charge in [0.15, 0.2) is 0 Å². The molecule has 10 heavy (non-hydrogen) atoms. The Bertz CT molecular complexity index is 125. The second-order valence-electron chi connectivity index (χ2n) is 1.71. The summed E-state index contributed by atoms with van der Waals surface area (Å²) in [6.07, 6.45) is 1.94. The first kappa shape index (κ1) is 9.16. The van der Waals surface area contributed by atoms with Gasteiger partial charge in [-0.05, 0) is 6.08 Å². The third-order valence-electron chi connectivity index (χ3n) is 0.886. The maximum atomic E-state index is 8.86. The number of aliphatic hydroxyl groups is 2. The Morgan fingerprint density at radius 1 is 1.60 bits per heavy atom. The molecular weight excluding hydrogens is 132 g/mol. The standard InChI is InChI=1S/C6H12N2O2/c1-2-5(7)8-6(10)3-4-9/h2-6,8-10H,1,7H2. The summed E-state index contributed by atoms with van der Waals surface area (Å²) in [5, 5.41) is 19.5. The van der Waals surface area contributed by atoms with Crippen molar-refractivity contribution in [3.8, 4) is 0 Å². The van der Waals surface area contributed by atoms with E-state index in [2.05, 4.69) is 11.9 Å². The number of nitrogens with one attached hydrogen (secondary N) is 1. The minimum atomic E-state index is -0.932. The fourth-order valence-corrected chi connectivity index (χ4v) is 0.402. The van der Waals surface area contributed by atoms with Crippen LogP contribution in [0.4, 0.5) is 0 Å². The Kier molecular flexibility index (Phi) is 4.57. The lowest BCUT2D eigenvalue weighted by Crippen LogP contribution is -2.41. The molecule has 2 unspecified atom stereocenters. The molecule has 0 aliphatic carbocycles. The molecule has 0 bridgehead atoms. The van der Waals surface area contributed by atoms with E-state index >= 15 is 0 Å². The Balaban J connectivity index is 3.55. The molecule has 58 valence electrons. The van der Waals surface area contributed by atoms with Gasteiger partial charge in [0, 0.05) is 0 Å². The fourth-order valence-electron chi connectivity index (χ4n) is 0.402. The number of hydrogen-bond donors (Lipinski definition) is 4. The molecule has 0 rings (SSSR count).